The summed E-state index contributed by atoms with van der Waals surface area (Å²) in [5, 5.41) is 18.9. The number of nitriles is 1. The van der Waals surface area contributed by atoms with E-state index in [1.54, 1.807) is 13.2 Å². The van der Waals surface area contributed by atoms with Crippen LogP contribution in [0.3, 0.4) is 0 Å². The summed E-state index contributed by atoms with van der Waals surface area (Å²) in [6, 6.07) is 7.85. The third kappa shape index (κ3) is 4.32. The molecule has 5 rings (SSSR count). The summed E-state index contributed by atoms with van der Waals surface area (Å²) < 4.78 is 5.38. The van der Waals surface area contributed by atoms with Crippen molar-refractivity contribution in [2.24, 2.45) is 23.7 Å². The number of hydrogen-bond acceptors (Lipinski definition) is 5. The molecule has 2 aliphatic carbocycles. The lowest BCUT2D eigenvalue weighted by molar-refractivity contribution is -0.126. The normalized spacial score (nSPS) is 26.8. The number of benzene rings is 1. The summed E-state index contributed by atoms with van der Waals surface area (Å²) in [6.07, 6.45) is 3.91. The second kappa shape index (κ2) is 9.01. The van der Waals surface area contributed by atoms with Crippen LogP contribution in [0.2, 0.25) is 0 Å². The van der Waals surface area contributed by atoms with Gasteiger partial charge in [-0.15, -0.1) is 0 Å². The number of fused-ring (bicyclic) bond motifs is 2. The highest BCUT2D eigenvalue weighted by molar-refractivity contribution is 6.01. The van der Waals surface area contributed by atoms with Crippen LogP contribution >= 0.6 is 0 Å². The number of H-pyrrole nitrogens is 1. The summed E-state index contributed by atoms with van der Waals surface area (Å²) in [5.74, 6) is 0.849. The molecule has 4 N–H and O–H groups in total. The summed E-state index contributed by atoms with van der Waals surface area (Å²) in [6.45, 7) is 0.592. The Balaban J connectivity index is 1.31. The van der Waals surface area contributed by atoms with Gasteiger partial charge in [-0.3, -0.25) is 14.4 Å². The van der Waals surface area contributed by atoms with Gasteiger partial charge in [0.25, 0.3) is 5.91 Å². The highest BCUT2D eigenvalue weighted by atomic mass is 16.5. The van der Waals surface area contributed by atoms with Gasteiger partial charge in [-0.05, 0) is 68.1 Å². The van der Waals surface area contributed by atoms with Crippen molar-refractivity contribution in [3.05, 3.63) is 30.0 Å². The van der Waals surface area contributed by atoms with E-state index in [1.807, 2.05) is 18.2 Å². The minimum Gasteiger partial charge on any atom is -0.496 e. The van der Waals surface area contributed by atoms with Crippen LogP contribution in [0.25, 0.3) is 10.9 Å². The van der Waals surface area contributed by atoms with Gasteiger partial charge in [-0.25, -0.2) is 0 Å². The van der Waals surface area contributed by atoms with Crippen LogP contribution in [0.1, 0.15) is 42.6 Å². The molecule has 1 aromatic heterocycles. The van der Waals surface area contributed by atoms with Gasteiger partial charge in [-0.2, -0.15) is 5.26 Å². The molecule has 2 saturated carbocycles. The molecule has 2 heterocycles. The van der Waals surface area contributed by atoms with Gasteiger partial charge in [0.1, 0.15) is 23.5 Å². The minimum absolute atomic E-state index is 0.0285. The first-order valence-electron chi connectivity index (χ1n) is 11.9. The third-order valence-corrected chi connectivity index (χ3v) is 7.56. The zero-order chi connectivity index (χ0) is 23.8. The van der Waals surface area contributed by atoms with E-state index in [0.29, 0.717) is 36.2 Å². The standard InChI is InChI=1S/C25H29N5O4/c1-34-21-4-2-3-19-18(21)11-20(29-19)24(32)30-22(16-8-14-7-15(14)9-16)25(33)28-17(12-26)10-13-5-6-27-23(13)31/h2-4,11,13-17,22,29H,5-10H2,1H3,(H,27,31)(H,28,33)(H,30,32)/t13-,14?,15?,16?,17-,22-/m0/s1. The molecule has 1 aromatic carbocycles. The van der Waals surface area contributed by atoms with Crippen LogP contribution in [0.4, 0.5) is 0 Å². The Morgan fingerprint density at radius 2 is 2.03 bits per heavy atom. The number of carbonyl (C=O) groups excluding carboxylic acids is 3. The topological polar surface area (TPSA) is 136 Å². The van der Waals surface area contributed by atoms with E-state index in [9.17, 15) is 19.6 Å². The maximum atomic E-state index is 13.3. The van der Waals surface area contributed by atoms with Gasteiger partial charge in [0.2, 0.25) is 11.8 Å². The van der Waals surface area contributed by atoms with Crippen molar-refractivity contribution >= 4 is 28.6 Å². The van der Waals surface area contributed by atoms with Crippen molar-refractivity contribution in [1.29, 1.82) is 5.26 Å². The molecule has 1 aliphatic heterocycles. The van der Waals surface area contributed by atoms with Crippen molar-refractivity contribution in [2.45, 2.75) is 44.2 Å². The average Bonchev–Trinajstić information content (AvgIpc) is 3.18. The number of nitrogens with one attached hydrogen (secondary N) is 4. The van der Waals surface area contributed by atoms with E-state index >= 15 is 0 Å². The maximum Gasteiger partial charge on any atom is 0.268 e. The van der Waals surface area contributed by atoms with Gasteiger partial charge in [0, 0.05) is 23.4 Å². The van der Waals surface area contributed by atoms with Crippen LogP contribution in [0.15, 0.2) is 24.3 Å². The van der Waals surface area contributed by atoms with Crippen molar-refractivity contribution < 1.29 is 19.1 Å². The Morgan fingerprint density at radius 3 is 2.71 bits per heavy atom. The van der Waals surface area contributed by atoms with E-state index in [2.05, 4.69) is 27.0 Å². The first kappa shape index (κ1) is 22.3. The molecular formula is C25H29N5O4. The second-order valence-corrected chi connectivity index (χ2v) is 9.75. The fourth-order valence-corrected chi connectivity index (χ4v) is 5.64. The first-order chi connectivity index (χ1) is 16.5. The molecule has 3 fully saturated rings. The van der Waals surface area contributed by atoms with E-state index in [-0.39, 0.29) is 36.0 Å². The van der Waals surface area contributed by atoms with Crippen LogP contribution < -0.4 is 20.7 Å². The van der Waals surface area contributed by atoms with Gasteiger partial charge < -0.3 is 25.7 Å². The Kier molecular flexibility index (Phi) is 5.90. The van der Waals surface area contributed by atoms with Crippen molar-refractivity contribution in [3.8, 4) is 11.8 Å². The smallest absolute Gasteiger partial charge is 0.268 e. The van der Waals surface area contributed by atoms with Crippen LogP contribution in [0.5, 0.6) is 5.75 Å². The molecule has 0 bridgehead atoms. The molecule has 9 heteroatoms. The highest BCUT2D eigenvalue weighted by Crippen LogP contribution is 2.55. The Labute approximate surface area is 197 Å². The number of aromatic amines is 1. The zero-order valence-electron chi connectivity index (χ0n) is 19.1. The van der Waals surface area contributed by atoms with Crippen LogP contribution in [0, 0.1) is 35.0 Å². The lowest BCUT2D eigenvalue weighted by Crippen LogP contribution is -2.53. The van der Waals surface area contributed by atoms with Crippen molar-refractivity contribution in [1.82, 2.24) is 20.9 Å². The molecular weight excluding hydrogens is 434 g/mol. The molecule has 0 radical (unpaired) electrons. The Hall–Kier alpha value is -3.54. The molecule has 0 spiro atoms. The zero-order valence-corrected chi connectivity index (χ0v) is 19.1. The number of carbonyl (C=O) groups is 3. The summed E-state index contributed by atoms with van der Waals surface area (Å²) in [5.41, 5.74) is 1.12. The molecule has 5 atom stereocenters. The molecule has 178 valence electrons. The second-order valence-electron chi connectivity index (χ2n) is 9.75. The van der Waals surface area contributed by atoms with Gasteiger partial charge >= 0.3 is 0 Å². The van der Waals surface area contributed by atoms with Gasteiger partial charge in [0.05, 0.1) is 13.2 Å². The van der Waals surface area contributed by atoms with E-state index < -0.39 is 12.1 Å². The van der Waals surface area contributed by atoms with E-state index in [0.717, 1.165) is 23.7 Å². The largest absolute Gasteiger partial charge is 0.496 e. The summed E-state index contributed by atoms with van der Waals surface area (Å²) in [7, 11) is 1.58. The summed E-state index contributed by atoms with van der Waals surface area (Å²) >= 11 is 0. The predicted molar refractivity (Wildman–Crippen MR) is 124 cm³/mol. The molecule has 3 aliphatic rings. The average molecular weight is 464 g/mol. The lowest BCUT2D eigenvalue weighted by atomic mass is 9.92. The van der Waals surface area contributed by atoms with Gasteiger partial charge in [0.15, 0.2) is 0 Å². The third-order valence-electron chi connectivity index (χ3n) is 7.56. The molecule has 1 saturated heterocycles. The Morgan fingerprint density at radius 1 is 1.24 bits per heavy atom. The van der Waals surface area contributed by atoms with Crippen LogP contribution in [-0.4, -0.2) is 48.4 Å². The highest BCUT2D eigenvalue weighted by Gasteiger charge is 2.49. The monoisotopic (exact) mass is 463 g/mol. The number of hydrogen-bond donors (Lipinski definition) is 4. The fraction of sp³-hybridized carbons (Fsp3) is 0.520. The maximum absolute atomic E-state index is 13.3. The number of methoxy groups -OCH3 is 1. The number of aromatic nitrogens is 1. The molecule has 9 nitrogen and oxygen atoms in total. The fourth-order valence-electron chi connectivity index (χ4n) is 5.64. The SMILES string of the molecule is COc1cccc2[nH]c(C(=O)N[C@H](C(=O)N[C@H](C#N)C[C@@H]3CCNC3=O)C3CC4CC4C3)cc12. The molecule has 2 unspecified atom stereocenters. The van der Waals surface area contributed by atoms with Crippen LogP contribution in [-0.2, 0) is 9.59 Å². The van der Waals surface area contributed by atoms with E-state index in [1.165, 1.54) is 6.42 Å². The van der Waals surface area contributed by atoms with Crippen molar-refractivity contribution in [3.63, 3.8) is 0 Å². The summed E-state index contributed by atoms with van der Waals surface area (Å²) in [4.78, 5) is 41.5. The number of ether oxygens (including phenoxy) is 1. The predicted octanol–water partition coefficient (Wildman–Crippen LogP) is 1.86. The minimum atomic E-state index is -0.783. The Bertz CT molecular complexity index is 1160. The molecule has 2 aromatic rings. The first-order valence-corrected chi connectivity index (χ1v) is 11.9. The lowest BCUT2D eigenvalue weighted by Gasteiger charge is -2.26. The number of rotatable bonds is 8. The quantitative estimate of drug-likeness (QED) is 0.474. The van der Waals surface area contributed by atoms with E-state index in [4.69, 9.17) is 4.74 Å². The van der Waals surface area contributed by atoms with Crippen molar-refractivity contribution in [2.75, 3.05) is 13.7 Å². The number of amides is 3. The number of nitrogens with zero attached hydrogens (tertiary/aromatic N) is 1. The molecule has 3 amide bonds. The molecule has 34 heavy (non-hydrogen) atoms. The van der Waals surface area contributed by atoms with Gasteiger partial charge in [-0.1, -0.05) is 6.07 Å².